The molecule has 1 atom stereocenters. The SMILES string of the molecule is Cn1ccc(C(=O)NCC2CCCO2)cc1=O. The number of nitrogens with one attached hydrogen (secondary N) is 1. The smallest absolute Gasteiger partial charge is 0.251 e. The van der Waals surface area contributed by atoms with Crippen LogP contribution in [0.25, 0.3) is 0 Å². The number of amides is 1. The predicted molar refractivity (Wildman–Crippen MR) is 63.0 cm³/mol. The first-order valence-electron chi connectivity index (χ1n) is 5.73. The van der Waals surface area contributed by atoms with Crippen LogP contribution in [0, 0.1) is 0 Å². The fraction of sp³-hybridized carbons (Fsp3) is 0.500. The minimum absolute atomic E-state index is 0.116. The van der Waals surface area contributed by atoms with E-state index in [2.05, 4.69) is 5.32 Å². The Morgan fingerprint density at radius 3 is 3.12 bits per heavy atom. The first-order chi connectivity index (χ1) is 8.16. The van der Waals surface area contributed by atoms with Gasteiger partial charge in [-0.2, -0.15) is 0 Å². The monoisotopic (exact) mass is 236 g/mol. The van der Waals surface area contributed by atoms with E-state index >= 15 is 0 Å². The predicted octanol–water partition coefficient (Wildman–Crippen LogP) is 0.294. The molecule has 5 nitrogen and oxygen atoms in total. The van der Waals surface area contributed by atoms with Gasteiger partial charge in [0.2, 0.25) is 0 Å². The quantitative estimate of drug-likeness (QED) is 0.820. The van der Waals surface area contributed by atoms with Crippen LogP contribution < -0.4 is 10.9 Å². The summed E-state index contributed by atoms with van der Waals surface area (Å²) >= 11 is 0. The van der Waals surface area contributed by atoms with Gasteiger partial charge in [0.1, 0.15) is 0 Å². The maximum Gasteiger partial charge on any atom is 0.251 e. The van der Waals surface area contributed by atoms with Gasteiger partial charge in [0, 0.05) is 38.0 Å². The van der Waals surface area contributed by atoms with Crippen molar-refractivity contribution in [3.63, 3.8) is 0 Å². The van der Waals surface area contributed by atoms with E-state index in [9.17, 15) is 9.59 Å². The molecule has 92 valence electrons. The molecule has 2 rings (SSSR count). The van der Waals surface area contributed by atoms with Gasteiger partial charge in [0.05, 0.1) is 6.10 Å². The maximum atomic E-state index is 11.8. The van der Waals surface area contributed by atoms with Gasteiger partial charge in [-0.25, -0.2) is 0 Å². The lowest BCUT2D eigenvalue weighted by atomic mass is 10.2. The first-order valence-corrected chi connectivity index (χ1v) is 5.73. The Hall–Kier alpha value is -1.62. The summed E-state index contributed by atoms with van der Waals surface area (Å²) in [6, 6.07) is 2.97. The summed E-state index contributed by atoms with van der Waals surface area (Å²) in [5.74, 6) is -0.224. The summed E-state index contributed by atoms with van der Waals surface area (Å²) in [6.45, 7) is 1.28. The van der Waals surface area contributed by atoms with Gasteiger partial charge >= 0.3 is 0 Å². The molecule has 5 heteroatoms. The molecule has 1 aromatic rings. The molecule has 0 bridgehead atoms. The summed E-state index contributed by atoms with van der Waals surface area (Å²) in [5.41, 5.74) is 0.209. The summed E-state index contributed by atoms with van der Waals surface area (Å²) in [6.07, 6.45) is 3.73. The Morgan fingerprint density at radius 2 is 2.47 bits per heavy atom. The van der Waals surface area contributed by atoms with Gasteiger partial charge in [-0.1, -0.05) is 0 Å². The summed E-state index contributed by atoms with van der Waals surface area (Å²) in [7, 11) is 1.65. The van der Waals surface area contributed by atoms with Crippen LogP contribution in [0.4, 0.5) is 0 Å². The average molecular weight is 236 g/mol. The molecule has 1 saturated heterocycles. The number of pyridine rings is 1. The highest BCUT2D eigenvalue weighted by Crippen LogP contribution is 2.10. The minimum atomic E-state index is -0.224. The topological polar surface area (TPSA) is 60.3 Å². The second-order valence-electron chi connectivity index (χ2n) is 4.21. The maximum absolute atomic E-state index is 11.8. The zero-order valence-corrected chi connectivity index (χ0v) is 9.81. The van der Waals surface area contributed by atoms with E-state index in [0.717, 1.165) is 19.4 Å². The number of carbonyl (C=O) groups excluding carboxylic acids is 1. The molecule has 1 amide bonds. The summed E-state index contributed by atoms with van der Waals surface area (Å²) in [5, 5.41) is 2.78. The highest BCUT2D eigenvalue weighted by atomic mass is 16.5. The first kappa shape index (κ1) is 11.9. The van der Waals surface area contributed by atoms with E-state index in [1.165, 1.54) is 10.6 Å². The van der Waals surface area contributed by atoms with E-state index in [1.54, 1.807) is 19.3 Å². The molecule has 0 saturated carbocycles. The molecule has 1 aromatic heterocycles. The van der Waals surface area contributed by atoms with Crippen molar-refractivity contribution < 1.29 is 9.53 Å². The van der Waals surface area contributed by atoms with Crippen molar-refractivity contribution in [2.75, 3.05) is 13.2 Å². The molecule has 1 aliphatic rings. The number of aryl methyl sites for hydroxylation is 1. The third-order valence-electron chi connectivity index (χ3n) is 2.88. The lowest BCUT2D eigenvalue weighted by molar-refractivity contribution is 0.0857. The van der Waals surface area contributed by atoms with Gasteiger partial charge in [-0.05, 0) is 18.9 Å². The van der Waals surface area contributed by atoms with Crippen LogP contribution in [0.15, 0.2) is 23.1 Å². The number of hydrogen-bond donors (Lipinski definition) is 1. The summed E-state index contributed by atoms with van der Waals surface area (Å²) < 4.78 is 6.83. The Bertz CT molecular complexity index is 461. The van der Waals surface area contributed by atoms with Crippen LogP contribution in [0.5, 0.6) is 0 Å². The Morgan fingerprint density at radius 1 is 1.65 bits per heavy atom. The molecule has 1 N–H and O–H groups in total. The zero-order valence-electron chi connectivity index (χ0n) is 9.81. The second kappa shape index (κ2) is 5.14. The number of aromatic nitrogens is 1. The number of ether oxygens (including phenoxy) is 1. The van der Waals surface area contributed by atoms with Crippen molar-refractivity contribution in [2.24, 2.45) is 7.05 Å². The molecule has 1 unspecified atom stereocenters. The van der Waals surface area contributed by atoms with Crippen LogP contribution in [-0.2, 0) is 11.8 Å². The van der Waals surface area contributed by atoms with E-state index < -0.39 is 0 Å². The number of carbonyl (C=O) groups is 1. The van der Waals surface area contributed by atoms with Crippen molar-refractivity contribution in [2.45, 2.75) is 18.9 Å². The summed E-state index contributed by atoms with van der Waals surface area (Å²) in [4.78, 5) is 23.1. The van der Waals surface area contributed by atoms with Gasteiger partial charge in [-0.15, -0.1) is 0 Å². The molecular formula is C12H16N2O3. The third-order valence-corrected chi connectivity index (χ3v) is 2.88. The number of nitrogens with zero attached hydrogens (tertiary/aromatic N) is 1. The van der Waals surface area contributed by atoms with Crippen molar-refractivity contribution in [3.8, 4) is 0 Å². The molecule has 0 aromatic carbocycles. The normalized spacial score (nSPS) is 19.2. The largest absolute Gasteiger partial charge is 0.376 e. The lowest BCUT2D eigenvalue weighted by Crippen LogP contribution is -2.32. The minimum Gasteiger partial charge on any atom is -0.376 e. The van der Waals surface area contributed by atoms with Gasteiger partial charge in [0.25, 0.3) is 11.5 Å². The highest BCUT2D eigenvalue weighted by Gasteiger charge is 2.16. The van der Waals surface area contributed by atoms with Crippen LogP contribution in [0.1, 0.15) is 23.2 Å². The van der Waals surface area contributed by atoms with Crippen LogP contribution >= 0.6 is 0 Å². The number of rotatable bonds is 3. The van der Waals surface area contributed by atoms with Crippen LogP contribution in [0.3, 0.4) is 0 Å². The van der Waals surface area contributed by atoms with E-state index in [1.807, 2.05) is 0 Å². The molecular weight excluding hydrogens is 220 g/mol. The van der Waals surface area contributed by atoms with Gasteiger partial charge < -0.3 is 14.6 Å². The zero-order chi connectivity index (χ0) is 12.3. The van der Waals surface area contributed by atoms with Crippen molar-refractivity contribution in [1.82, 2.24) is 9.88 Å². The number of hydrogen-bond acceptors (Lipinski definition) is 3. The van der Waals surface area contributed by atoms with Crippen molar-refractivity contribution in [1.29, 1.82) is 0 Å². The van der Waals surface area contributed by atoms with Crippen molar-refractivity contribution in [3.05, 3.63) is 34.2 Å². The van der Waals surface area contributed by atoms with Crippen LogP contribution in [0.2, 0.25) is 0 Å². The van der Waals surface area contributed by atoms with Gasteiger partial charge in [-0.3, -0.25) is 9.59 Å². The van der Waals surface area contributed by atoms with Crippen LogP contribution in [-0.4, -0.2) is 29.7 Å². The molecule has 1 fully saturated rings. The fourth-order valence-corrected chi connectivity index (χ4v) is 1.80. The molecule has 0 radical (unpaired) electrons. The second-order valence-corrected chi connectivity index (χ2v) is 4.21. The van der Waals surface area contributed by atoms with Crippen molar-refractivity contribution >= 4 is 5.91 Å². The average Bonchev–Trinajstić information content (AvgIpc) is 2.82. The highest BCUT2D eigenvalue weighted by molar-refractivity contribution is 5.93. The van der Waals surface area contributed by atoms with E-state index in [0.29, 0.717) is 12.1 Å². The molecule has 1 aliphatic heterocycles. The van der Waals surface area contributed by atoms with E-state index in [4.69, 9.17) is 4.74 Å². The Kier molecular flexibility index (Phi) is 3.58. The van der Waals surface area contributed by atoms with E-state index in [-0.39, 0.29) is 17.6 Å². The molecule has 0 spiro atoms. The fourth-order valence-electron chi connectivity index (χ4n) is 1.80. The standard InChI is InChI=1S/C12H16N2O3/c1-14-5-4-9(7-11(14)15)12(16)13-8-10-3-2-6-17-10/h4-5,7,10H,2-3,6,8H2,1H3,(H,13,16). The Labute approximate surface area is 99.4 Å². The van der Waals surface area contributed by atoms with Gasteiger partial charge in [0.15, 0.2) is 0 Å². The Balaban J connectivity index is 1.94. The molecule has 0 aliphatic carbocycles. The lowest BCUT2D eigenvalue weighted by Gasteiger charge is -2.10. The third kappa shape index (κ3) is 2.94. The molecule has 17 heavy (non-hydrogen) atoms. The molecule has 2 heterocycles.